The number of pyridine rings is 2. The fourth-order valence-electron chi connectivity index (χ4n) is 1.94. The van der Waals surface area contributed by atoms with Crippen LogP contribution in [-0.4, -0.2) is 9.97 Å². The highest BCUT2D eigenvalue weighted by Crippen LogP contribution is 2.31. The van der Waals surface area contributed by atoms with Crippen LogP contribution < -0.4 is 0 Å². The molecule has 0 amide bonds. The van der Waals surface area contributed by atoms with E-state index in [1.54, 1.807) is 18.6 Å². The SMILES string of the molecule is CC(C)(C)c1c(C#N)cnc2cnccc12. The van der Waals surface area contributed by atoms with Crippen molar-refractivity contribution in [3.05, 3.63) is 35.8 Å². The lowest BCUT2D eigenvalue weighted by atomic mass is 9.82. The molecule has 2 heterocycles. The van der Waals surface area contributed by atoms with Crippen molar-refractivity contribution in [3.63, 3.8) is 0 Å². The van der Waals surface area contributed by atoms with E-state index in [1.807, 2.05) is 6.07 Å². The van der Waals surface area contributed by atoms with Crippen LogP contribution in [0.3, 0.4) is 0 Å². The van der Waals surface area contributed by atoms with Gasteiger partial charge in [-0.2, -0.15) is 5.26 Å². The Balaban J connectivity index is 2.91. The van der Waals surface area contributed by atoms with Crippen molar-refractivity contribution in [2.45, 2.75) is 26.2 Å². The average molecular weight is 211 g/mol. The number of nitrogens with zero attached hydrogens (tertiary/aromatic N) is 3. The summed E-state index contributed by atoms with van der Waals surface area (Å²) in [5.41, 5.74) is 2.45. The molecule has 3 heteroatoms. The molecule has 0 saturated heterocycles. The van der Waals surface area contributed by atoms with Gasteiger partial charge < -0.3 is 0 Å². The third-order valence-electron chi connectivity index (χ3n) is 2.54. The molecule has 2 rings (SSSR count). The molecule has 0 aromatic carbocycles. The van der Waals surface area contributed by atoms with Crippen molar-refractivity contribution in [2.24, 2.45) is 0 Å². The quantitative estimate of drug-likeness (QED) is 0.673. The predicted octanol–water partition coefficient (Wildman–Crippen LogP) is 2.80. The molecule has 2 aromatic rings. The Morgan fingerprint density at radius 1 is 1.25 bits per heavy atom. The molecule has 0 N–H and O–H groups in total. The zero-order valence-corrected chi connectivity index (χ0v) is 9.65. The second-order valence-electron chi connectivity index (χ2n) is 4.80. The Morgan fingerprint density at radius 2 is 2.00 bits per heavy atom. The van der Waals surface area contributed by atoms with Crippen LogP contribution in [-0.2, 0) is 5.41 Å². The second kappa shape index (κ2) is 3.57. The summed E-state index contributed by atoms with van der Waals surface area (Å²) in [4.78, 5) is 8.29. The largest absolute Gasteiger partial charge is 0.262 e. The lowest BCUT2D eigenvalue weighted by molar-refractivity contribution is 0.593. The first-order chi connectivity index (χ1) is 7.54. The molecule has 3 nitrogen and oxygen atoms in total. The van der Waals surface area contributed by atoms with Gasteiger partial charge in [-0.25, -0.2) is 0 Å². The van der Waals surface area contributed by atoms with E-state index >= 15 is 0 Å². The van der Waals surface area contributed by atoms with Gasteiger partial charge in [-0.05, 0) is 17.0 Å². The van der Waals surface area contributed by atoms with Gasteiger partial charge in [-0.15, -0.1) is 0 Å². The standard InChI is InChI=1S/C13H13N3/c1-13(2,3)12-9(6-14)7-16-11-8-15-5-4-10(11)12/h4-5,7-8H,1-3H3. The van der Waals surface area contributed by atoms with Crippen LogP contribution in [0.15, 0.2) is 24.7 Å². The van der Waals surface area contributed by atoms with Crippen LogP contribution in [0.2, 0.25) is 0 Å². The van der Waals surface area contributed by atoms with Gasteiger partial charge in [0, 0.05) is 17.8 Å². The monoisotopic (exact) mass is 211 g/mol. The molecule has 0 aliphatic heterocycles. The van der Waals surface area contributed by atoms with E-state index in [9.17, 15) is 0 Å². The van der Waals surface area contributed by atoms with E-state index in [1.165, 1.54) is 0 Å². The molecule has 0 atom stereocenters. The highest BCUT2D eigenvalue weighted by Gasteiger charge is 2.21. The van der Waals surface area contributed by atoms with Crippen molar-refractivity contribution in [2.75, 3.05) is 0 Å². The van der Waals surface area contributed by atoms with Crippen LogP contribution in [0, 0.1) is 11.3 Å². The van der Waals surface area contributed by atoms with E-state index in [2.05, 4.69) is 36.8 Å². The molecule has 16 heavy (non-hydrogen) atoms. The summed E-state index contributed by atoms with van der Waals surface area (Å²) < 4.78 is 0. The Bertz CT molecular complexity index is 574. The summed E-state index contributed by atoms with van der Waals surface area (Å²) in [5, 5.41) is 10.2. The minimum atomic E-state index is -0.0758. The average Bonchev–Trinajstić information content (AvgIpc) is 2.26. The summed E-state index contributed by atoms with van der Waals surface area (Å²) in [6.07, 6.45) is 5.09. The lowest BCUT2D eigenvalue weighted by Gasteiger charge is -2.22. The van der Waals surface area contributed by atoms with Crippen LogP contribution >= 0.6 is 0 Å². The van der Waals surface area contributed by atoms with Crippen LogP contribution in [0.1, 0.15) is 31.9 Å². The van der Waals surface area contributed by atoms with Crippen LogP contribution in [0.25, 0.3) is 10.9 Å². The number of hydrogen-bond donors (Lipinski definition) is 0. The Kier molecular flexibility index (Phi) is 2.35. The first-order valence-corrected chi connectivity index (χ1v) is 5.17. The first-order valence-electron chi connectivity index (χ1n) is 5.17. The topological polar surface area (TPSA) is 49.6 Å². The van der Waals surface area contributed by atoms with Gasteiger partial charge >= 0.3 is 0 Å². The number of hydrogen-bond acceptors (Lipinski definition) is 3. The Morgan fingerprint density at radius 3 is 2.62 bits per heavy atom. The fraction of sp³-hybridized carbons (Fsp3) is 0.308. The Hall–Kier alpha value is -1.95. The zero-order valence-electron chi connectivity index (χ0n) is 9.65. The van der Waals surface area contributed by atoms with Gasteiger partial charge in [-0.3, -0.25) is 9.97 Å². The Labute approximate surface area is 94.8 Å². The maximum absolute atomic E-state index is 9.14. The second-order valence-corrected chi connectivity index (χ2v) is 4.80. The van der Waals surface area contributed by atoms with E-state index < -0.39 is 0 Å². The molecule has 80 valence electrons. The molecule has 0 aliphatic rings. The summed E-state index contributed by atoms with van der Waals surface area (Å²) in [5.74, 6) is 0. The number of nitriles is 1. The fourth-order valence-corrected chi connectivity index (χ4v) is 1.94. The maximum atomic E-state index is 9.14. The van der Waals surface area contributed by atoms with Crippen molar-refractivity contribution >= 4 is 10.9 Å². The van der Waals surface area contributed by atoms with Crippen molar-refractivity contribution in [1.82, 2.24) is 9.97 Å². The van der Waals surface area contributed by atoms with Crippen molar-refractivity contribution in [3.8, 4) is 6.07 Å². The maximum Gasteiger partial charge on any atom is 0.101 e. The van der Waals surface area contributed by atoms with Gasteiger partial charge in [0.25, 0.3) is 0 Å². The molecule has 2 aromatic heterocycles. The smallest absolute Gasteiger partial charge is 0.101 e. The summed E-state index contributed by atoms with van der Waals surface area (Å²) in [6, 6.07) is 4.13. The molecule has 0 spiro atoms. The molecule has 0 bridgehead atoms. The molecule has 0 aliphatic carbocycles. The van der Waals surface area contributed by atoms with Gasteiger partial charge in [0.05, 0.1) is 17.3 Å². The molecular weight excluding hydrogens is 198 g/mol. The van der Waals surface area contributed by atoms with E-state index in [0.717, 1.165) is 16.5 Å². The van der Waals surface area contributed by atoms with Gasteiger partial charge in [0.15, 0.2) is 0 Å². The van der Waals surface area contributed by atoms with Crippen LogP contribution in [0.5, 0.6) is 0 Å². The summed E-state index contributed by atoms with van der Waals surface area (Å²) >= 11 is 0. The minimum Gasteiger partial charge on any atom is -0.262 e. The summed E-state index contributed by atoms with van der Waals surface area (Å²) in [6.45, 7) is 6.30. The third-order valence-corrected chi connectivity index (χ3v) is 2.54. The van der Waals surface area contributed by atoms with Gasteiger partial charge in [0.2, 0.25) is 0 Å². The van der Waals surface area contributed by atoms with Gasteiger partial charge in [-0.1, -0.05) is 20.8 Å². The molecule has 0 unspecified atom stereocenters. The van der Waals surface area contributed by atoms with E-state index in [-0.39, 0.29) is 5.41 Å². The van der Waals surface area contributed by atoms with E-state index in [0.29, 0.717) is 5.56 Å². The number of rotatable bonds is 0. The zero-order chi connectivity index (χ0) is 11.8. The molecule has 0 saturated carbocycles. The van der Waals surface area contributed by atoms with Crippen LogP contribution in [0.4, 0.5) is 0 Å². The number of fused-ring (bicyclic) bond motifs is 1. The third kappa shape index (κ3) is 1.63. The van der Waals surface area contributed by atoms with Crippen molar-refractivity contribution < 1.29 is 0 Å². The van der Waals surface area contributed by atoms with Crippen molar-refractivity contribution in [1.29, 1.82) is 5.26 Å². The van der Waals surface area contributed by atoms with Gasteiger partial charge in [0.1, 0.15) is 6.07 Å². The number of aromatic nitrogens is 2. The normalized spacial score (nSPS) is 11.4. The first kappa shape index (κ1) is 10.6. The molecule has 0 radical (unpaired) electrons. The lowest BCUT2D eigenvalue weighted by Crippen LogP contribution is -2.14. The highest BCUT2D eigenvalue weighted by molar-refractivity contribution is 5.84. The molecule has 0 fully saturated rings. The van der Waals surface area contributed by atoms with E-state index in [4.69, 9.17) is 5.26 Å². The minimum absolute atomic E-state index is 0.0758. The summed E-state index contributed by atoms with van der Waals surface area (Å²) in [7, 11) is 0. The molecular formula is C13H13N3. The predicted molar refractivity (Wildman–Crippen MR) is 63.0 cm³/mol. The highest BCUT2D eigenvalue weighted by atomic mass is 14.7.